The van der Waals surface area contributed by atoms with Crippen LogP contribution in [0.4, 0.5) is 0 Å². The summed E-state index contributed by atoms with van der Waals surface area (Å²) in [5, 5.41) is 0. The van der Waals surface area contributed by atoms with Gasteiger partial charge in [-0.3, -0.25) is 4.79 Å². The van der Waals surface area contributed by atoms with E-state index < -0.39 is 0 Å². The Kier molecular flexibility index (Phi) is 3.56. The molecule has 16 heavy (non-hydrogen) atoms. The van der Waals surface area contributed by atoms with Gasteiger partial charge < -0.3 is 9.64 Å². The lowest BCUT2D eigenvalue weighted by atomic mass is 10.2. The highest BCUT2D eigenvalue weighted by Gasteiger charge is 2.19. The third-order valence-corrected chi connectivity index (χ3v) is 3.38. The Morgan fingerprint density at radius 2 is 2.12 bits per heavy atom. The maximum atomic E-state index is 12.1. The summed E-state index contributed by atoms with van der Waals surface area (Å²) in [6, 6.07) is 3.60. The second kappa shape index (κ2) is 4.93. The molecule has 1 fully saturated rings. The van der Waals surface area contributed by atoms with Gasteiger partial charge in [-0.15, -0.1) is 0 Å². The lowest BCUT2D eigenvalue weighted by Gasteiger charge is -2.26. The Bertz CT molecular complexity index is 403. The van der Waals surface area contributed by atoms with Gasteiger partial charge in [-0.2, -0.15) is 0 Å². The number of hydrogen-bond acceptors (Lipinski definition) is 3. The lowest BCUT2D eigenvalue weighted by molar-refractivity contribution is 0.0299. The van der Waals surface area contributed by atoms with Crippen molar-refractivity contribution in [2.45, 2.75) is 6.92 Å². The van der Waals surface area contributed by atoms with Crippen LogP contribution in [0.25, 0.3) is 0 Å². The number of carbonyl (C=O) groups is 1. The third kappa shape index (κ3) is 2.41. The molecule has 1 saturated heterocycles. The summed E-state index contributed by atoms with van der Waals surface area (Å²) in [5.74, 6) is -0.0149. The summed E-state index contributed by atoms with van der Waals surface area (Å²) in [6.07, 6.45) is 0. The first kappa shape index (κ1) is 11.5. The number of nitrogens with zero attached hydrogens (tertiary/aromatic N) is 2. The number of carbonyl (C=O) groups excluding carboxylic acids is 1. The number of rotatable bonds is 1. The average Bonchev–Trinajstić information content (AvgIpc) is 2.33. The minimum atomic E-state index is -0.0149. The number of ether oxygens (including phenoxy) is 1. The van der Waals surface area contributed by atoms with E-state index in [1.807, 2.05) is 13.0 Å². The summed E-state index contributed by atoms with van der Waals surface area (Å²) in [7, 11) is 0. The van der Waals surface area contributed by atoms with E-state index in [9.17, 15) is 4.79 Å². The summed E-state index contributed by atoms with van der Waals surface area (Å²) in [4.78, 5) is 18.1. The number of aromatic nitrogens is 1. The lowest BCUT2D eigenvalue weighted by Crippen LogP contribution is -2.41. The quantitative estimate of drug-likeness (QED) is 0.787. The van der Waals surface area contributed by atoms with Crippen molar-refractivity contribution in [1.29, 1.82) is 0 Å². The molecule has 0 bridgehead atoms. The summed E-state index contributed by atoms with van der Waals surface area (Å²) >= 11 is 3.37. The molecular weight excluding hydrogens is 272 g/mol. The van der Waals surface area contributed by atoms with Gasteiger partial charge in [0, 0.05) is 17.6 Å². The molecule has 0 spiro atoms. The van der Waals surface area contributed by atoms with Crippen LogP contribution in [0.15, 0.2) is 16.6 Å². The van der Waals surface area contributed by atoms with Gasteiger partial charge in [0.2, 0.25) is 0 Å². The van der Waals surface area contributed by atoms with Crippen LogP contribution in [0.2, 0.25) is 0 Å². The number of pyridine rings is 1. The fourth-order valence-electron chi connectivity index (χ4n) is 1.59. The standard InChI is InChI=1S/C11H13BrN2O2/c1-8-9(12)2-3-10(13-8)11(15)14-4-6-16-7-5-14/h2-3H,4-7H2,1H3. The molecule has 5 heteroatoms. The van der Waals surface area contributed by atoms with Crippen molar-refractivity contribution < 1.29 is 9.53 Å². The summed E-state index contributed by atoms with van der Waals surface area (Å²) < 4.78 is 6.13. The molecule has 1 aromatic rings. The van der Waals surface area contributed by atoms with Crippen LogP contribution in [-0.2, 0) is 4.74 Å². The normalized spacial score (nSPS) is 16.2. The van der Waals surface area contributed by atoms with Gasteiger partial charge in [0.15, 0.2) is 0 Å². The van der Waals surface area contributed by atoms with Crippen LogP contribution in [0, 0.1) is 6.92 Å². The number of aryl methyl sites for hydroxylation is 1. The van der Waals surface area contributed by atoms with E-state index in [0.717, 1.165) is 10.2 Å². The van der Waals surface area contributed by atoms with Crippen LogP contribution in [-0.4, -0.2) is 42.1 Å². The first-order valence-corrected chi connectivity index (χ1v) is 5.98. The summed E-state index contributed by atoms with van der Waals surface area (Å²) in [5.41, 5.74) is 1.33. The van der Waals surface area contributed by atoms with E-state index in [-0.39, 0.29) is 5.91 Å². The molecule has 2 rings (SSSR count). The van der Waals surface area contributed by atoms with Crippen molar-refractivity contribution in [2.75, 3.05) is 26.3 Å². The first-order chi connectivity index (χ1) is 7.68. The molecule has 0 radical (unpaired) electrons. The predicted octanol–water partition coefficient (Wildman–Crippen LogP) is 1.62. The minimum absolute atomic E-state index is 0.0149. The topological polar surface area (TPSA) is 42.4 Å². The highest BCUT2D eigenvalue weighted by atomic mass is 79.9. The van der Waals surface area contributed by atoms with Gasteiger partial charge >= 0.3 is 0 Å². The second-order valence-corrected chi connectivity index (χ2v) is 4.52. The predicted molar refractivity (Wildman–Crippen MR) is 63.4 cm³/mol. The molecule has 1 aliphatic rings. The molecule has 0 aliphatic carbocycles. The molecule has 4 nitrogen and oxygen atoms in total. The van der Waals surface area contributed by atoms with Crippen LogP contribution in [0.1, 0.15) is 16.2 Å². The maximum Gasteiger partial charge on any atom is 0.272 e. The van der Waals surface area contributed by atoms with Crippen LogP contribution in [0.3, 0.4) is 0 Å². The van der Waals surface area contributed by atoms with E-state index in [0.29, 0.717) is 32.0 Å². The van der Waals surface area contributed by atoms with Gasteiger partial charge in [-0.05, 0) is 35.0 Å². The third-order valence-electron chi connectivity index (χ3n) is 2.54. The Labute approximate surface area is 103 Å². The Morgan fingerprint density at radius 3 is 2.75 bits per heavy atom. The van der Waals surface area contributed by atoms with Crippen molar-refractivity contribution in [1.82, 2.24) is 9.88 Å². The van der Waals surface area contributed by atoms with Gasteiger partial charge in [-0.25, -0.2) is 4.98 Å². The zero-order valence-electron chi connectivity index (χ0n) is 9.07. The SMILES string of the molecule is Cc1nc(C(=O)N2CCOCC2)ccc1Br. The number of hydrogen-bond donors (Lipinski definition) is 0. The first-order valence-electron chi connectivity index (χ1n) is 5.18. The molecule has 86 valence electrons. The van der Waals surface area contributed by atoms with E-state index in [4.69, 9.17) is 4.74 Å². The van der Waals surface area contributed by atoms with Gasteiger partial charge in [0.05, 0.1) is 18.9 Å². The van der Waals surface area contributed by atoms with Gasteiger partial charge in [0.25, 0.3) is 5.91 Å². The second-order valence-electron chi connectivity index (χ2n) is 3.67. The Balaban J connectivity index is 2.16. The van der Waals surface area contributed by atoms with Gasteiger partial charge in [-0.1, -0.05) is 0 Å². The van der Waals surface area contributed by atoms with Crippen molar-refractivity contribution in [3.8, 4) is 0 Å². The van der Waals surface area contributed by atoms with E-state index in [1.165, 1.54) is 0 Å². The van der Waals surface area contributed by atoms with Crippen LogP contribution < -0.4 is 0 Å². The smallest absolute Gasteiger partial charge is 0.272 e. The molecule has 0 N–H and O–H groups in total. The Hall–Kier alpha value is -0.940. The fourth-order valence-corrected chi connectivity index (χ4v) is 1.81. The van der Waals surface area contributed by atoms with E-state index >= 15 is 0 Å². The van der Waals surface area contributed by atoms with Crippen LogP contribution >= 0.6 is 15.9 Å². The molecule has 1 aliphatic heterocycles. The largest absolute Gasteiger partial charge is 0.378 e. The van der Waals surface area contributed by atoms with Gasteiger partial charge in [0.1, 0.15) is 5.69 Å². The van der Waals surface area contributed by atoms with Crippen molar-refractivity contribution in [3.63, 3.8) is 0 Å². The highest BCUT2D eigenvalue weighted by molar-refractivity contribution is 9.10. The highest BCUT2D eigenvalue weighted by Crippen LogP contribution is 2.15. The summed E-state index contributed by atoms with van der Waals surface area (Å²) in [6.45, 7) is 4.40. The van der Waals surface area contributed by atoms with E-state index in [2.05, 4.69) is 20.9 Å². The number of halogens is 1. The van der Waals surface area contributed by atoms with Crippen molar-refractivity contribution >= 4 is 21.8 Å². The van der Waals surface area contributed by atoms with Crippen molar-refractivity contribution in [3.05, 3.63) is 28.0 Å². The van der Waals surface area contributed by atoms with Crippen molar-refractivity contribution in [2.24, 2.45) is 0 Å². The average molecular weight is 285 g/mol. The van der Waals surface area contributed by atoms with E-state index in [1.54, 1.807) is 11.0 Å². The minimum Gasteiger partial charge on any atom is -0.378 e. The zero-order chi connectivity index (χ0) is 11.5. The Morgan fingerprint density at radius 1 is 1.44 bits per heavy atom. The number of morpholine rings is 1. The maximum absolute atomic E-state index is 12.1. The molecule has 1 amide bonds. The zero-order valence-corrected chi connectivity index (χ0v) is 10.7. The molecule has 2 heterocycles. The van der Waals surface area contributed by atoms with Crippen LogP contribution in [0.5, 0.6) is 0 Å². The molecule has 0 aromatic carbocycles. The fraction of sp³-hybridized carbons (Fsp3) is 0.455. The molecule has 0 atom stereocenters. The molecule has 0 saturated carbocycles. The molecule has 0 unspecified atom stereocenters. The molecular formula is C11H13BrN2O2. The monoisotopic (exact) mass is 284 g/mol. The number of amides is 1. The molecule has 1 aromatic heterocycles.